The maximum Gasteiger partial charge on any atom is 0.0791 e. The minimum atomic E-state index is -0.246. The Morgan fingerprint density at radius 3 is 2.67 bits per heavy atom. The fourth-order valence-corrected chi connectivity index (χ4v) is 2.52. The number of β-amino-alcohol motifs (C(OH)–C–C–N with tert-alkyl or cyclic N) is 1. The van der Waals surface area contributed by atoms with Crippen molar-refractivity contribution in [3.63, 3.8) is 0 Å². The van der Waals surface area contributed by atoms with Crippen molar-refractivity contribution in [1.29, 1.82) is 0 Å². The van der Waals surface area contributed by atoms with E-state index in [2.05, 4.69) is 43.1 Å². The molecule has 4 heteroatoms. The highest BCUT2D eigenvalue weighted by Crippen LogP contribution is 2.13. The summed E-state index contributed by atoms with van der Waals surface area (Å²) in [4.78, 5) is 4.70. The molecule has 18 heavy (non-hydrogen) atoms. The van der Waals surface area contributed by atoms with Crippen molar-refractivity contribution in [1.82, 2.24) is 15.1 Å². The van der Waals surface area contributed by atoms with Crippen molar-refractivity contribution in [2.75, 3.05) is 46.8 Å². The van der Waals surface area contributed by atoms with Crippen molar-refractivity contribution >= 4 is 0 Å². The number of piperidine rings is 1. The number of likely N-dealkylation sites (tertiary alicyclic amines) is 1. The summed E-state index contributed by atoms with van der Waals surface area (Å²) in [5, 5.41) is 13.3. The van der Waals surface area contributed by atoms with E-state index in [1.165, 1.54) is 12.8 Å². The van der Waals surface area contributed by atoms with Gasteiger partial charge in [0.2, 0.25) is 0 Å². The number of nitrogens with one attached hydrogen (secondary N) is 1. The van der Waals surface area contributed by atoms with Gasteiger partial charge in [0.1, 0.15) is 0 Å². The molecule has 0 saturated carbocycles. The maximum absolute atomic E-state index is 10.0. The van der Waals surface area contributed by atoms with E-state index in [-0.39, 0.29) is 6.10 Å². The van der Waals surface area contributed by atoms with Crippen LogP contribution in [0.5, 0.6) is 0 Å². The minimum absolute atomic E-state index is 0.246. The van der Waals surface area contributed by atoms with E-state index < -0.39 is 0 Å². The van der Waals surface area contributed by atoms with E-state index in [0.29, 0.717) is 18.5 Å². The Morgan fingerprint density at radius 1 is 1.33 bits per heavy atom. The first-order valence-corrected chi connectivity index (χ1v) is 7.26. The molecule has 0 amide bonds. The van der Waals surface area contributed by atoms with Crippen LogP contribution in [0.4, 0.5) is 0 Å². The number of hydrogen-bond acceptors (Lipinski definition) is 4. The third-order valence-electron chi connectivity index (χ3n) is 3.61. The normalized spacial score (nSPS) is 23.8. The first-order valence-electron chi connectivity index (χ1n) is 7.26. The second kappa shape index (κ2) is 8.10. The van der Waals surface area contributed by atoms with Crippen molar-refractivity contribution in [3.8, 4) is 0 Å². The standard InChI is InChI=1S/C14H31N3O/c1-12(2)8-15-9-14(18)11-17-7-5-6-13(10-17)16(3)4/h12-15,18H,5-11H2,1-4H3. The summed E-state index contributed by atoms with van der Waals surface area (Å²) in [6.07, 6.45) is 2.28. The summed E-state index contributed by atoms with van der Waals surface area (Å²) in [5.41, 5.74) is 0. The third kappa shape index (κ3) is 6.14. The average molecular weight is 257 g/mol. The van der Waals surface area contributed by atoms with Gasteiger partial charge in [-0.1, -0.05) is 13.8 Å². The molecule has 2 unspecified atom stereocenters. The number of nitrogens with zero attached hydrogens (tertiary/aromatic N) is 2. The van der Waals surface area contributed by atoms with Gasteiger partial charge in [-0.3, -0.25) is 4.90 Å². The lowest BCUT2D eigenvalue weighted by molar-refractivity contribution is 0.0719. The van der Waals surface area contributed by atoms with Gasteiger partial charge in [-0.25, -0.2) is 0 Å². The van der Waals surface area contributed by atoms with Gasteiger partial charge in [0, 0.05) is 25.7 Å². The predicted octanol–water partition coefficient (Wildman–Crippen LogP) is 0.619. The number of hydrogen-bond donors (Lipinski definition) is 2. The molecule has 0 aromatic carbocycles. The molecule has 4 nitrogen and oxygen atoms in total. The Morgan fingerprint density at radius 2 is 2.06 bits per heavy atom. The third-order valence-corrected chi connectivity index (χ3v) is 3.61. The van der Waals surface area contributed by atoms with Gasteiger partial charge < -0.3 is 15.3 Å². The predicted molar refractivity (Wildman–Crippen MR) is 76.9 cm³/mol. The van der Waals surface area contributed by atoms with Crippen LogP contribution < -0.4 is 5.32 Å². The summed E-state index contributed by atoms with van der Waals surface area (Å²) in [5.74, 6) is 0.644. The van der Waals surface area contributed by atoms with Gasteiger partial charge in [-0.15, -0.1) is 0 Å². The lowest BCUT2D eigenvalue weighted by atomic mass is 10.0. The molecule has 0 aromatic heterocycles. The largest absolute Gasteiger partial charge is 0.390 e. The Labute approximate surface area is 112 Å². The summed E-state index contributed by atoms with van der Waals surface area (Å²) < 4.78 is 0. The van der Waals surface area contributed by atoms with E-state index in [1.54, 1.807) is 0 Å². The molecule has 1 aliphatic heterocycles. The van der Waals surface area contributed by atoms with Crippen molar-refractivity contribution < 1.29 is 5.11 Å². The molecule has 0 aliphatic carbocycles. The van der Waals surface area contributed by atoms with Crippen molar-refractivity contribution in [3.05, 3.63) is 0 Å². The van der Waals surface area contributed by atoms with E-state index in [4.69, 9.17) is 0 Å². The molecule has 0 spiro atoms. The molecule has 2 N–H and O–H groups in total. The first-order chi connectivity index (χ1) is 8.49. The SMILES string of the molecule is CC(C)CNCC(O)CN1CCCC(N(C)C)C1. The molecule has 2 atom stereocenters. The average Bonchev–Trinajstić information content (AvgIpc) is 2.28. The van der Waals surface area contributed by atoms with Crippen LogP contribution >= 0.6 is 0 Å². The molecule has 1 heterocycles. The lowest BCUT2D eigenvalue weighted by Gasteiger charge is -2.37. The number of aliphatic hydroxyl groups excluding tert-OH is 1. The van der Waals surface area contributed by atoms with Crippen LogP contribution in [0, 0.1) is 5.92 Å². The summed E-state index contributed by atoms with van der Waals surface area (Å²) >= 11 is 0. The van der Waals surface area contributed by atoms with Gasteiger partial charge in [0.15, 0.2) is 0 Å². The first kappa shape index (κ1) is 15.9. The van der Waals surface area contributed by atoms with E-state index in [9.17, 15) is 5.11 Å². The van der Waals surface area contributed by atoms with Gasteiger partial charge in [-0.05, 0) is 45.9 Å². The molecule has 0 radical (unpaired) electrons. The van der Waals surface area contributed by atoms with E-state index in [1.807, 2.05) is 0 Å². The van der Waals surface area contributed by atoms with Gasteiger partial charge in [-0.2, -0.15) is 0 Å². The molecule has 108 valence electrons. The molecule has 0 bridgehead atoms. The fourth-order valence-electron chi connectivity index (χ4n) is 2.52. The quantitative estimate of drug-likeness (QED) is 0.701. The highest BCUT2D eigenvalue weighted by Gasteiger charge is 2.22. The smallest absolute Gasteiger partial charge is 0.0791 e. The monoisotopic (exact) mass is 257 g/mol. The zero-order valence-corrected chi connectivity index (χ0v) is 12.5. The Kier molecular flexibility index (Phi) is 7.15. The fraction of sp³-hybridized carbons (Fsp3) is 1.00. The van der Waals surface area contributed by atoms with Crippen LogP contribution in [0.3, 0.4) is 0 Å². The van der Waals surface area contributed by atoms with Gasteiger partial charge in [0.05, 0.1) is 6.10 Å². The zero-order valence-electron chi connectivity index (χ0n) is 12.5. The Bertz CT molecular complexity index is 221. The molecular weight excluding hydrogens is 226 g/mol. The van der Waals surface area contributed by atoms with Crippen LogP contribution in [0.15, 0.2) is 0 Å². The molecular formula is C14H31N3O. The van der Waals surface area contributed by atoms with Crippen LogP contribution in [-0.4, -0.2) is 73.9 Å². The molecule has 1 aliphatic rings. The maximum atomic E-state index is 10.0. The highest BCUT2D eigenvalue weighted by molar-refractivity contribution is 4.79. The van der Waals surface area contributed by atoms with Crippen LogP contribution in [-0.2, 0) is 0 Å². The zero-order chi connectivity index (χ0) is 13.5. The molecule has 0 aromatic rings. The molecule has 1 fully saturated rings. The number of aliphatic hydroxyl groups is 1. The van der Waals surface area contributed by atoms with E-state index in [0.717, 1.165) is 26.2 Å². The lowest BCUT2D eigenvalue weighted by Crippen LogP contribution is -2.48. The van der Waals surface area contributed by atoms with Crippen molar-refractivity contribution in [2.45, 2.75) is 38.8 Å². The highest BCUT2D eigenvalue weighted by atomic mass is 16.3. The van der Waals surface area contributed by atoms with Crippen LogP contribution in [0.1, 0.15) is 26.7 Å². The second-order valence-corrected chi connectivity index (χ2v) is 6.23. The summed E-state index contributed by atoms with van der Waals surface area (Å²) in [7, 11) is 4.30. The second-order valence-electron chi connectivity index (χ2n) is 6.23. The summed E-state index contributed by atoms with van der Waals surface area (Å²) in [6, 6.07) is 0.648. The molecule has 1 rings (SSSR count). The Balaban J connectivity index is 2.20. The number of rotatable bonds is 7. The minimum Gasteiger partial charge on any atom is -0.390 e. The Hall–Kier alpha value is -0.160. The number of likely N-dealkylation sites (N-methyl/N-ethyl adjacent to an activating group) is 1. The van der Waals surface area contributed by atoms with Crippen molar-refractivity contribution in [2.24, 2.45) is 5.92 Å². The summed E-state index contributed by atoms with van der Waals surface area (Å²) in [6.45, 7) is 9.09. The van der Waals surface area contributed by atoms with E-state index >= 15 is 0 Å². The topological polar surface area (TPSA) is 38.7 Å². The van der Waals surface area contributed by atoms with Gasteiger partial charge in [0.25, 0.3) is 0 Å². The van der Waals surface area contributed by atoms with Crippen LogP contribution in [0.2, 0.25) is 0 Å². The van der Waals surface area contributed by atoms with Crippen LogP contribution in [0.25, 0.3) is 0 Å². The molecule has 1 saturated heterocycles. The van der Waals surface area contributed by atoms with Gasteiger partial charge >= 0.3 is 0 Å².